The van der Waals surface area contributed by atoms with Crippen LogP contribution in [0.4, 0.5) is 0 Å². The topological polar surface area (TPSA) is 72.0 Å². The smallest absolute Gasteiger partial charge is 0.230 e. The van der Waals surface area contributed by atoms with E-state index < -0.39 is 0 Å². The van der Waals surface area contributed by atoms with Crippen LogP contribution in [-0.4, -0.2) is 38.9 Å². The zero-order valence-electron chi connectivity index (χ0n) is 17.7. The number of amides is 1. The quantitative estimate of drug-likeness (QED) is 0.625. The maximum atomic E-state index is 12.3. The van der Waals surface area contributed by atoms with Gasteiger partial charge in [0.2, 0.25) is 5.91 Å². The van der Waals surface area contributed by atoms with Crippen LogP contribution in [0.25, 0.3) is 0 Å². The fourth-order valence-corrected chi connectivity index (χ4v) is 5.08. The Morgan fingerprint density at radius 3 is 2.75 bits per heavy atom. The van der Waals surface area contributed by atoms with Crippen molar-refractivity contribution >= 4 is 34.4 Å². The Hall–Kier alpha value is -2.68. The van der Waals surface area contributed by atoms with Gasteiger partial charge in [-0.1, -0.05) is 65.3 Å². The summed E-state index contributed by atoms with van der Waals surface area (Å²) in [6.07, 6.45) is 5.01. The van der Waals surface area contributed by atoms with Gasteiger partial charge in [-0.25, -0.2) is 5.43 Å². The van der Waals surface area contributed by atoms with Gasteiger partial charge in [-0.3, -0.25) is 10.2 Å². The van der Waals surface area contributed by atoms with Crippen LogP contribution in [0.5, 0.6) is 0 Å². The zero-order valence-corrected chi connectivity index (χ0v) is 19.2. The van der Waals surface area contributed by atoms with Crippen molar-refractivity contribution < 1.29 is 4.79 Å². The first kappa shape index (κ1) is 21.2. The molecule has 0 aliphatic carbocycles. The van der Waals surface area contributed by atoms with E-state index in [2.05, 4.69) is 62.4 Å². The van der Waals surface area contributed by atoms with E-state index in [-0.39, 0.29) is 24.2 Å². The second-order valence-corrected chi connectivity index (χ2v) is 9.55. The van der Waals surface area contributed by atoms with Gasteiger partial charge in [-0.05, 0) is 36.6 Å². The molecular weight excluding hydrogens is 444 g/mol. The van der Waals surface area contributed by atoms with Crippen LogP contribution in [-0.2, 0) is 11.3 Å². The fourth-order valence-electron chi connectivity index (χ4n) is 4.15. The van der Waals surface area contributed by atoms with E-state index in [4.69, 9.17) is 11.6 Å². The van der Waals surface area contributed by atoms with Crippen molar-refractivity contribution in [2.45, 2.75) is 38.1 Å². The van der Waals surface area contributed by atoms with Crippen molar-refractivity contribution in [3.05, 3.63) is 82.6 Å². The molecule has 5 rings (SSSR count). The lowest BCUT2D eigenvalue weighted by molar-refractivity contribution is -0.118. The van der Waals surface area contributed by atoms with E-state index in [1.807, 2.05) is 36.7 Å². The highest BCUT2D eigenvalue weighted by Gasteiger charge is 2.44. The maximum Gasteiger partial charge on any atom is 0.230 e. The minimum absolute atomic E-state index is 0.00493. The van der Waals surface area contributed by atoms with Gasteiger partial charge in [-0.15, -0.1) is 0 Å². The molecule has 1 amide bonds. The highest BCUT2D eigenvalue weighted by molar-refractivity contribution is 8.14. The molecule has 0 spiro atoms. The molecule has 2 aromatic rings. The number of hydrazone groups is 1. The second kappa shape index (κ2) is 9.05. The van der Waals surface area contributed by atoms with E-state index in [0.717, 1.165) is 22.2 Å². The Balaban J connectivity index is 1.14. The molecule has 0 radical (unpaired) electrons. The predicted molar refractivity (Wildman–Crippen MR) is 128 cm³/mol. The number of aryl methyl sites for hydroxylation is 1. The Morgan fingerprint density at radius 2 is 1.97 bits per heavy atom. The van der Waals surface area contributed by atoms with Crippen molar-refractivity contribution in [1.29, 1.82) is 0 Å². The number of nitrogens with zero attached hydrogens (tertiary/aromatic N) is 3. The molecule has 3 aliphatic heterocycles. The molecule has 7 nitrogen and oxygen atoms in total. The van der Waals surface area contributed by atoms with Crippen molar-refractivity contribution in [2.24, 2.45) is 5.10 Å². The van der Waals surface area contributed by atoms with Crippen molar-refractivity contribution in [3.63, 3.8) is 0 Å². The third kappa shape index (κ3) is 4.44. The Bertz CT molecular complexity index is 1040. The van der Waals surface area contributed by atoms with Gasteiger partial charge in [0.25, 0.3) is 0 Å². The lowest BCUT2D eigenvalue weighted by Crippen LogP contribution is -2.54. The van der Waals surface area contributed by atoms with E-state index in [1.165, 1.54) is 22.9 Å². The van der Waals surface area contributed by atoms with E-state index >= 15 is 0 Å². The monoisotopic (exact) mass is 468 g/mol. The van der Waals surface area contributed by atoms with Crippen molar-refractivity contribution in [1.82, 2.24) is 26.1 Å². The molecule has 166 valence electrons. The van der Waals surface area contributed by atoms with Gasteiger partial charge in [0, 0.05) is 24.0 Å². The van der Waals surface area contributed by atoms with Crippen LogP contribution in [0.3, 0.4) is 0 Å². The van der Waals surface area contributed by atoms with Gasteiger partial charge in [0.05, 0.1) is 17.8 Å². The third-order valence-corrected chi connectivity index (χ3v) is 7.14. The molecule has 9 heteroatoms. The lowest BCUT2D eigenvalue weighted by atomic mass is 10.00. The normalized spacial score (nSPS) is 23.4. The van der Waals surface area contributed by atoms with Gasteiger partial charge in [0.15, 0.2) is 5.17 Å². The standard InChI is InChI=1S/C23H25ClN6OS/c1-15-2-4-16(5-3-15)13-25-21(31)14-32-23-27-26-22-20-12-19(17-6-8-18(24)9-7-17)28-30(20)11-10-29(22)23/h2-11,19-20,22,26,28H,12-14H2,1H3,(H,25,31). The van der Waals surface area contributed by atoms with Crippen molar-refractivity contribution in [3.8, 4) is 0 Å². The number of rotatable bonds is 5. The minimum Gasteiger partial charge on any atom is -0.351 e. The predicted octanol–water partition coefficient (Wildman–Crippen LogP) is 3.31. The average molecular weight is 469 g/mol. The summed E-state index contributed by atoms with van der Waals surface area (Å²) in [6.45, 7) is 2.59. The van der Waals surface area contributed by atoms with Crippen LogP contribution >= 0.6 is 23.4 Å². The van der Waals surface area contributed by atoms with Gasteiger partial charge in [0.1, 0.15) is 6.17 Å². The number of benzene rings is 2. The SMILES string of the molecule is Cc1ccc(CNC(=O)CSC2=NNC3C4CC(c5ccc(Cl)cc5)NN4C=CN23)cc1. The molecule has 1 fully saturated rings. The molecule has 0 aromatic heterocycles. The average Bonchev–Trinajstić information content (AvgIpc) is 3.41. The number of hydrogen-bond donors (Lipinski definition) is 3. The molecule has 3 atom stereocenters. The molecule has 0 bridgehead atoms. The Labute approximate surface area is 196 Å². The first-order valence-electron chi connectivity index (χ1n) is 10.6. The Morgan fingerprint density at radius 1 is 1.19 bits per heavy atom. The van der Waals surface area contributed by atoms with E-state index in [0.29, 0.717) is 12.3 Å². The molecular formula is C23H25ClN6OS. The van der Waals surface area contributed by atoms with Gasteiger partial charge in [-0.2, -0.15) is 5.10 Å². The molecule has 3 heterocycles. The van der Waals surface area contributed by atoms with Crippen LogP contribution in [0, 0.1) is 6.92 Å². The summed E-state index contributed by atoms with van der Waals surface area (Å²) in [5, 5.41) is 11.2. The van der Waals surface area contributed by atoms with Gasteiger partial charge < -0.3 is 15.2 Å². The van der Waals surface area contributed by atoms with Crippen LogP contribution in [0.2, 0.25) is 5.02 Å². The summed E-state index contributed by atoms with van der Waals surface area (Å²) >= 11 is 7.48. The number of hydrazine groups is 1. The first-order valence-corrected chi connectivity index (χ1v) is 12.0. The Kier molecular flexibility index (Phi) is 5.99. The lowest BCUT2D eigenvalue weighted by Gasteiger charge is -2.36. The summed E-state index contributed by atoms with van der Waals surface area (Å²) in [5.74, 6) is 0.318. The number of hydrogen-bond acceptors (Lipinski definition) is 7. The van der Waals surface area contributed by atoms with E-state index in [9.17, 15) is 4.79 Å². The maximum absolute atomic E-state index is 12.3. The number of halogens is 1. The molecule has 32 heavy (non-hydrogen) atoms. The summed E-state index contributed by atoms with van der Waals surface area (Å²) in [5.41, 5.74) is 10.3. The number of carbonyl (C=O) groups is 1. The number of nitrogens with one attached hydrogen (secondary N) is 3. The zero-order chi connectivity index (χ0) is 22.1. The third-order valence-electron chi connectivity index (χ3n) is 5.92. The first-order chi connectivity index (χ1) is 15.6. The number of amidine groups is 1. The molecule has 0 saturated carbocycles. The number of fused-ring (bicyclic) bond motifs is 3. The van der Waals surface area contributed by atoms with Gasteiger partial charge >= 0.3 is 0 Å². The molecule has 2 aromatic carbocycles. The summed E-state index contributed by atoms with van der Waals surface area (Å²) < 4.78 is 0. The molecule has 3 aliphatic rings. The second-order valence-electron chi connectivity index (χ2n) is 8.17. The molecule has 1 saturated heterocycles. The summed E-state index contributed by atoms with van der Waals surface area (Å²) in [7, 11) is 0. The van der Waals surface area contributed by atoms with Crippen LogP contribution < -0.4 is 16.2 Å². The highest BCUT2D eigenvalue weighted by atomic mass is 35.5. The van der Waals surface area contributed by atoms with Crippen molar-refractivity contribution in [2.75, 3.05) is 5.75 Å². The molecule has 3 N–H and O–H groups in total. The summed E-state index contributed by atoms with van der Waals surface area (Å²) in [6, 6.07) is 16.6. The number of thioether (sulfide) groups is 1. The van der Waals surface area contributed by atoms with Crippen LogP contribution in [0.15, 0.2) is 66.0 Å². The largest absolute Gasteiger partial charge is 0.351 e. The highest BCUT2D eigenvalue weighted by Crippen LogP contribution is 2.35. The summed E-state index contributed by atoms with van der Waals surface area (Å²) in [4.78, 5) is 14.5. The minimum atomic E-state index is -0.00493. The fraction of sp³-hybridized carbons (Fsp3) is 0.304. The number of carbonyl (C=O) groups excluding carboxylic acids is 1. The van der Waals surface area contributed by atoms with Crippen LogP contribution in [0.1, 0.15) is 29.2 Å². The molecule has 3 unspecified atom stereocenters. The van der Waals surface area contributed by atoms with E-state index in [1.54, 1.807) is 0 Å².